The molecule has 2 N–H and O–H groups in total. The molecular weight excluding hydrogens is 458 g/mol. The number of amides is 2. The minimum absolute atomic E-state index is 0.157. The summed E-state index contributed by atoms with van der Waals surface area (Å²) in [4.78, 5) is 45.9. The van der Waals surface area contributed by atoms with Crippen LogP contribution in [0.15, 0.2) is 46.9 Å². The van der Waals surface area contributed by atoms with E-state index in [1.807, 2.05) is 13.0 Å². The first-order valence-corrected chi connectivity index (χ1v) is 9.86. The second-order valence-corrected chi connectivity index (χ2v) is 7.14. The predicted octanol–water partition coefficient (Wildman–Crippen LogP) is 3.82. The van der Waals surface area contributed by atoms with Crippen molar-refractivity contribution >= 4 is 50.8 Å². The summed E-state index contributed by atoms with van der Waals surface area (Å²) in [5.74, 6) is -1.69. The maximum Gasteiger partial charge on any atom is 0.306 e. The summed E-state index contributed by atoms with van der Waals surface area (Å²) in [5.41, 5.74) is 1.67. The molecule has 0 aliphatic heterocycles. The Bertz CT molecular complexity index is 963. The highest BCUT2D eigenvalue weighted by Gasteiger charge is 2.13. The van der Waals surface area contributed by atoms with Crippen molar-refractivity contribution in [3.05, 3.63) is 62.6 Å². The lowest BCUT2D eigenvalue weighted by Crippen LogP contribution is -2.22. The topological polar surface area (TPSA) is 128 Å². The molecule has 30 heavy (non-hydrogen) atoms. The van der Waals surface area contributed by atoms with Gasteiger partial charge < -0.3 is 15.4 Å². The highest BCUT2D eigenvalue weighted by atomic mass is 79.9. The van der Waals surface area contributed by atoms with Gasteiger partial charge in [0.15, 0.2) is 6.61 Å². The van der Waals surface area contributed by atoms with Crippen LogP contribution in [0.3, 0.4) is 0 Å². The molecule has 0 aliphatic rings. The molecule has 0 radical (unpaired) electrons. The summed E-state index contributed by atoms with van der Waals surface area (Å²) in [6, 6.07) is 10.9. The number of rotatable bonds is 9. The van der Waals surface area contributed by atoms with E-state index in [-0.39, 0.29) is 24.2 Å². The lowest BCUT2D eigenvalue weighted by Gasteiger charge is -2.11. The molecule has 0 unspecified atom stereocenters. The maximum absolute atomic E-state index is 12.0. The van der Waals surface area contributed by atoms with Crippen molar-refractivity contribution in [2.24, 2.45) is 0 Å². The highest BCUT2D eigenvalue weighted by molar-refractivity contribution is 9.10. The van der Waals surface area contributed by atoms with Crippen LogP contribution in [0.1, 0.15) is 25.3 Å². The first-order valence-electron chi connectivity index (χ1n) is 9.06. The van der Waals surface area contributed by atoms with Crippen LogP contribution < -0.4 is 10.6 Å². The number of hydrogen-bond donors (Lipinski definition) is 2. The summed E-state index contributed by atoms with van der Waals surface area (Å²) in [5, 5.41) is 15.9. The number of carbonyl (C=O) groups excluding carboxylic acids is 3. The molecule has 0 fully saturated rings. The summed E-state index contributed by atoms with van der Waals surface area (Å²) in [6.45, 7) is 1.49. The number of hydrogen-bond acceptors (Lipinski definition) is 6. The third-order valence-electron chi connectivity index (χ3n) is 3.98. The fourth-order valence-corrected chi connectivity index (χ4v) is 2.93. The Morgan fingerprint density at radius 3 is 2.53 bits per heavy atom. The molecule has 0 aliphatic carbocycles. The number of non-ortho nitro benzene ring substituents is 1. The Morgan fingerprint density at radius 1 is 1.07 bits per heavy atom. The lowest BCUT2D eigenvalue weighted by atomic mass is 10.1. The summed E-state index contributed by atoms with van der Waals surface area (Å²) >= 11 is 3.37. The summed E-state index contributed by atoms with van der Waals surface area (Å²) in [7, 11) is 0. The molecule has 2 rings (SSSR count). The average molecular weight is 478 g/mol. The van der Waals surface area contributed by atoms with Crippen molar-refractivity contribution in [2.75, 3.05) is 17.2 Å². The zero-order chi connectivity index (χ0) is 22.1. The van der Waals surface area contributed by atoms with Crippen LogP contribution in [-0.2, 0) is 25.5 Å². The van der Waals surface area contributed by atoms with E-state index >= 15 is 0 Å². The molecule has 2 amide bonds. The van der Waals surface area contributed by atoms with Crippen molar-refractivity contribution in [1.29, 1.82) is 0 Å². The molecular formula is C20H20BrN3O6. The van der Waals surface area contributed by atoms with Crippen molar-refractivity contribution in [1.82, 2.24) is 0 Å². The Hall–Kier alpha value is -3.27. The number of benzene rings is 2. The van der Waals surface area contributed by atoms with Crippen LogP contribution in [-0.4, -0.2) is 29.3 Å². The first kappa shape index (κ1) is 23.0. The summed E-state index contributed by atoms with van der Waals surface area (Å²) < 4.78 is 5.79. The van der Waals surface area contributed by atoms with Crippen LogP contribution in [0.4, 0.5) is 17.1 Å². The van der Waals surface area contributed by atoms with Gasteiger partial charge in [0, 0.05) is 34.4 Å². The van der Waals surface area contributed by atoms with Crippen molar-refractivity contribution < 1.29 is 24.0 Å². The molecule has 10 heteroatoms. The van der Waals surface area contributed by atoms with Gasteiger partial charge in [-0.1, -0.05) is 28.9 Å². The largest absolute Gasteiger partial charge is 0.456 e. The van der Waals surface area contributed by atoms with Gasteiger partial charge in [-0.25, -0.2) is 0 Å². The van der Waals surface area contributed by atoms with Gasteiger partial charge in [0.25, 0.3) is 11.6 Å². The Balaban J connectivity index is 1.75. The molecule has 2 aromatic carbocycles. The Labute approximate surface area is 181 Å². The normalized spacial score (nSPS) is 10.2. The van der Waals surface area contributed by atoms with Crippen LogP contribution in [0.25, 0.3) is 0 Å². The minimum Gasteiger partial charge on any atom is -0.456 e. The number of nitro benzene ring substituents is 1. The number of anilines is 2. The van der Waals surface area contributed by atoms with Crippen molar-refractivity contribution in [3.8, 4) is 0 Å². The quantitative estimate of drug-likeness (QED) is 0.321. The number of carbonyl (C=O) groups is 3. The van der Waals surface area contributed by atoms with Gasteiger partial charge in [-0.2, -0.15) is 0 Å². The van der Waals surface area contributed by atoms with E-state index in [0.29, 0.717) is 12.1 Å². The van der Waals surface area contributed by atoms with E-state index in [9.17, 15) is 24.5 Å². The molecule has 0 saturated heterocycles. The molecule has 0 bridgehead atoms. The summed E-state index contributed by atoms with van der Waals surface area (Å²) in [6.07, 6.45) is 0.302. The zero-order valence-corrected chi connectivity index (χ0v) is 17.7. The second-order valence-electron chi connectivity index (χ2n) is 6.22. The number of nitro groups is 1. The van der Waals surface area contributed by atoms with E-state index in [1.54, 1.807) is 12.1 Å². The third kappa shape index (κ3) is 7.28. The van der Waals surface area contributed by atoms with Crippen LogP contribution >= 0.6 is 15.9 Å². The molecule has 158 valence electrons. The van der Waals surface area contributed by atoms with E-state index in [0.717, 1.165) is 10.0 Å². The predicted molar refractivity (Wildman–Crippen MR) is 114 cm³/mol. The number of ether oxygens (including phenoxy) is 1. The zero-order valence-electron chi connectivity index (χ0n) is 16.1. The standard InChI is InChI=1S/C20H20BrN3O6/c1-2-13-10-14(21)6-7-17(13)23-19(26)12-30-20(27)9-8-18(25)22-15-4-3-5-16(11-15)24(28)29/h3-7,10-11H,2,8-9,12H2,1H3,(H,22,25)(H,23,26). The van der Waals surface area contributed by atoms with Crippen molar-refractivity contribution in [2.45, 2.75) is 26.2 Å². The molecule has 0 heterocycles. The van der Waals surface area contributed by atoms with Gasteiger partial charge >= 0.3 is 5.97 Å². The fourth-order valence-electron chi connectivity index (χ4n) is 2.52. The van der Waals surface area contributed by atoms with E-state index in [2.05, 4.69) is 26.6 Å². The van der Waals surface area contributed by atoms with E-state index < -0.39 is 29.3 Å². The molecule has 0 aromatic heterocycles. The first-order chi connectivity index (χ1) is 14.3. The Kier molecular flexibility index (Phi) is 8.48. The highest BCUT2D eigenvalue weighted by Crippen LogP contribution is 2.21. The third-order valence-corrected chi connectivity index (χ3v) is 4.48. The van der Waals surface area contributed by atoms with Gasteiger partial charge in [0.1, 0.15) is 0 Å². The number of esters is 1. The van der Waals surface area contributed by atoms with Crippen LogP contribution in [0.2, 0.25) is 0 Å². The monoisotopic (exact) mass is 477 g/mol. The number of aryl methyl sites for hydroxylation is 1. The molecule has 9 nitrogen and oxygen atoms in total. The van der Waals surface area contributed by atoms with E-state index in [1.165, 1.54) is 24.3 Å². The van der Waals surface area contributed by atoms with Gasteiger partial charge in [0.2, 0.25) is 5.91 Å². The van der Waals surface area contributed by atoms with E-state index in [4.69, 9.17) is 4.74 Å². The Morgan fingerprint density at radius 2 is 1.83 bits per heavy atom. The SMILES string of the molecule is CCc1cc(Br)ccc1NC(=O)COC(=O)CCC(=O)Nc1cccc([N+](=O)[O-])c1. The number of halogens is 1. The number of nitrogens with one attached hydrogen (secondary N) is 2. The van der Waals surface area contributed by atoms with Gasteiger partial charge in [-0.05, 0) is 36.2 Å². The van der Waals surface area contributed by atoms with Gasteiger partial charge in [0.05, 0.1) is 11.3 Å². The molecule has 2 aromatic rings. The second kappa shape index (κ2) is 11.1. The number of nitrogens with zero attached hydrogens (tertiary/aromatic N) is 1. The molecule has 0 atom stereocenters. The fraction of sp³-hybridized carbons (Fsp3) is 0.250. The van der Waals surface area contributed by atoms with Crippen LogP contribution in [0, 0.1) is 10.1 Å². The lowest BCUT2D eigenvalue weighted by molar-refractivity contribution is -0.384. The van der Waals surface area contributed by atoms with Crippen molar-refractivity contribution in [3.63, 3.8) is 0 Å². The average Bonchev–Trinajstić information content (AvgIpc) is 2.72. The maximum atomic E-state index is 12.0. The smallest absolute Gasteiger partial charge is 0.306 e. The molecule has 0 saturated carbocycles. The van der Waals surface area contributed by atoms with Crippen LogP contribution in [0.5, 0.6) is 0 Å². The van der Waals surface area contributed by atoms with Gasteiger partial charge in [-0.3, -0.25) is 24.5 Å². The minimum atomic E-state index is -0.703. The van der Waals surface area contributed by atoms with Gasteiger partial charge in [-0.15, -0.1) is 0 Å². The molecule has 0 spiro atoms.